The first-order chi connectivity index (χ1) is 70.5. The summed E-state index contributed by atoms with van der Waals surface area (Å²) in [5, 5.41) is -0.164. The van der Waals surface area contributed by atoms with Gasteiger partial charge in [0.1, 0.15) is 37.0 Å². The van der Waals surface area contributed by atoms with Crippen LogP contribution in [0.1, 0.15) is 103 Å². The van der Waals surface area contributed by atoms with E-state index in [9.17, 15) is 69.8 Å². The predicted octanol–water partition coefficient (Wildman–Crippen LogP) is 15.1. The molecule has 57 heteroatoms. The summed E-state index contributed by atoms with van der Waals surface area (Å²) in [6.07, 6.45) is 5.88. The monoisotopic (exact) mass is 2270 g/mol. The number of ether oxygens (including phenoxy) is 5. The van der Waals surface area contributed by atoms with E-state index < -0.39 is 76.4 Å². The second-order valence-corrected chi connectivity index (χ2v) is 46.8. The van der Waals surface area contributed by atoms with E-state index in [1.807, 2.05) is 43.3 Å². The Labute approximate surface area is 871 Å². The number of thioether (sulfide) groups is 4. The molecule has 800 valence electrons. The van der Waals surface area contributed by atoms with E-state index in [1.165, 1.54) is 63.6 Å². The van der Waals surface area contributed by atoms with Gasteiger partial charge in [-0.05, 0) is 102 Å². The largest absolute Gasteiger partial charge is 0.494 e. The topological polar surface area (TPSA) is 615 Å². The van der Waals surface area contributed by atoms with Crippen LogP contribution in [0.25, 0.3) is 44.7 Å². The number of anilines is 4. The third-order valence-electron chi connectivity index (χ3n) is 20.4. The number of nitrogens with zero attached hydrogens (tertiary/aromatic N) is 12. The van der Waals surface area contributed by atoms with Gasteiger partial charge in [-0.25, -0.2) is 33.1 Å². The summed E-state index contributed by atoms with van der Waals surface area (Å²) in [4.78, 5) is 137. The van der Waals surface area contributed by atoms with Crippen molar-refractivity contribution in [1.82, 2.24) is 78.1 Å². The van der Waals surface area contributed by atoms with Gasteiger partial charge in [0.05, 0.1) is 112 Å². The molecule has 45 nitrogen and oxygen atoms in total. The first-order valence-electron chi connectivity index (χ1n) is 45.4. The Morgan fingerprint density at radius 2 is 0.757 bits per heavy atom. The van der Waals surface area contributed by atoms with E-state index in [4.69, 9.17) is 82.8 Å². The van der Waals surface area contributed by atoms with Gasteiger partial charge in [0.15, 0.2) is 71.6 Å². The van der Waals surface area contributed by atoms with E-state index in [-0.39, 0.29) is 213 Å². The molecule has 5 aromatic carbocycles. The summed E-state index contributed by atoms with van der Waals surface area (Å²) < 4.78 is 174. The fraction of sp³-hybridized carbons (Fsp3) is 0.407. The van der Waals surface area contributed by atoms with Gasteiger partial charge in [-0.3, -0.25) is 76.6 Å². The van der Waals surface area contributed by atoms with Gasteiger partial charge in [0.2, 0.25) is 28.9 Å². The van der Waals surface area contributed by atoms with Crippen LogP contribution >= 0.6 is 93.4 Å². The van der Waals surface area contributed by atoms with Crippen molar-refractivity contribution >= 4 is 182 Å². The minimum atomic E-state index is -3.81. The second-order valence-electron chi connectivity index (χ2n) is 33.2. The average molecular weight is 2280 g/mol. The van der Waals surface area contributed by atoms with Crippen LogP contribution in [0.2, 0.25) is 0 Å². The number of carbonyl (C=O) groups excluding carboxylic acids is 4. The summed E-state index contributed by atoms with van der Waals surface area (Å²) in [5.41, 5.74) is 27.3. The van der Waals surface area contributed by atoms with E-state index in [0.717, 1.165) is 69.1 Å². The van der Waals surface area contributed by atoms with Gasteiger partial charge < -0.3 is 101 Å². The van der Waals surface area contributed by atoms with Crippen molar-refractivity contribution in [3.05, 3.63) is 236 Å². The molecule has 0 amide bonds. The van der Waals surface area contributed by atoms with Crippen LogP contribution < -0.4 is 49.9 Å². The molecule has 0 aliphatic rings. The van der Waals surface area contributed by atoms with Crippen molar-refractivity contribution in [3.8, 4) is 5.75 Å². The molecule has 0 saturated heterocycles. The number of aryl methyl sites for hydroxylation is 3. The normalized spacial score (nSPS) is 13.2. The number of nitrogens with two attached hydrogens (primary N) is 4. The number of fused-ring (bicyclic) bond motifs is 4. The number of rotatable bonds is 53. The fourth-order valence-corrected chi connectivity index (χ4v) is 21.1. The molecule has 0 radical (unpaired) electrons. The second kappa shape index (κ2) is 58.1. The number of H-pyrrole nitrogens is 4. The Morgan fingerprint density at radius 1 is 0.426 bits per heavy atom. The summed E-state index contributed by atoms with van der Waals surface area (Å²) in [6.45, 7) is 15.5. The van der Waals surface area contributed by atoms with Crippen molar-refractivity contribution in [1.29, 1.82) is 0 Å². The Kier molecular flexibility index (Phi) is 46.7. The van der Waals surface area contributed by atoms with Crippen molar-refractivity contribution < 1.29 is 110 Å². The SMILES string of the molecule is CC(=O)SCCOP(=O)(COCCn1cnc2c(=O)[nH]c(N)nc21)OCc1ccc(C)c(F)c1.CCC(=O)SCCOP(=O)(COCCn1cnc2c(=O)[nH]c(N)nc21)OCc1ccc(C)c(F)c1.COc1ccc(COP(=O)(COCCn2cnc3c(=O)[nH]c(N)nc32)OCCSC(=O)CCC(C)(C)C)cc1F.Cc1ccc(C(=O)SCCOP(=O)(COCCn2cnc3c(=O)[nH]c(N)nc32)OCc2cccc(Br)c2)cc1. The molecule has 13 aromatic rings. The lowest BCUT2D eigenvalue weighted by Gasteiger charge is -2.19. The number of carbonyl (C=O) groups is 4. The van der Waals surface area contributed by atoms with Crippen molar-refractivity contribution in [3.63, 3.8) is 0 Å². The van der Waals surface area contributed by atoms with Gasteiger partial charge in [-0.15, -0.1) is 0 Å². The summed E-state index contributed by atoms with van der Waals surface area (Å²) in [6, 6.07) is 28.1. The molecular formula is C91H114BrF3N20O25P4S4. The fourth-order valence-electron chi connectivity index (χ4n) is 12.7. The summed E-state index contributed by atoms with van der Waals surface area (Å²) in [5.74, 6) is -0.261. The van der Waals surface area contributed by atoms with Crippen LogP contribution in [0, 0.1) is 43.6 Å². The number of nitrogens with one attached hydrogen (secondary N) is 4. The minimum Gasteiger partial charge on any atom is -0.494 e. The Balaban J connectivity index is 0.000000202. The van der Waals surface area contributed by atoms with E-state index in [0.29, 0.717) is 80.4 Å². The zero-order chi connectivity index (χ0) is 107. The Hall–Kier alpha value is -10.7. The lowest BCUT2D eigenvalue weighted by atomic mass is 9.91. The molecule has 0 aliphatic carbocycles. The number of halogens is 4. The van der Waals surface area contributed by atoms with Gasteiger partial charge in [-0.2, -0.15) is 19.9 Å². The lowest BCUT2D eigenvalue weighted by molar-refractivity contribution is -0.111. The maximum absolute atomic E-state index is 14.1. The molecule has 0 spiro atoms. The maximum Gasteiger partial charge on any atom is 0.356 e. The highest BCUT2D eigenvalue weighted by Crippen LogP contribution is 2.53. The van der Waals surface area contributed by atoms with Gasteiger partial charge in [0, 0.05) is 79.0 Å². The molecule has 8 heterocycles. The summed E-state index contributed by atoms with van der Waals surface area (Å²) >= 11 is 7.71. The highest BCUT2D eigenvalue weighted by Gasteiger charge is 2.32. The molecule has 4 unspecified atom stereocenters. The van der Waals surface area contributed by atoms with Crippen LogP contribution in [0.3, 0.4) is 0 Å². The third-order valence-corrected chi connectivity index (χ3v) is 30.8. The molecular weight excluding hydrogens is 2160 g/mol. The third kappa shape index (κ3) is 38.9. The number of hydrogen-bond donors (Lipinski definition) is 8. The standard InChI is InChI=1S/C25H27BrN5O6PS.C25H35FN5O7PS.C21H27FN5O6PS.C20H25FN5O6PS/c1-17-5-7-19(8-6-17)24(33)39-12-11-36-38(34,37-14-18-3-2-4-20(26)13-18)16-35-10-9-31-15-28-21-22(31)29-25(27)30-23(21)32;1-25(2,3)8-7-20(32)40-12-11-37-39(34,38-14-17-5-6-19(35-4)18(26)13-17)16-36-10-9-31-15-28-21-22(31)29-24(27)30-23(21)33;1-3-17(28)35-9-8-32-34(30,33-11-15-5-4-14(2)16(22)10-15)13-31-7-6-27-12-24-18-19(27)25-21(23)26-20(18)29;1-13-3-4-15(9-16(13)21)10-32-33(29,31-7-8-34-14(2)27)12-30-6-5-26-11-23-17-18(26)24-20(22)25-19(17)28/h2-8,13,15H,9-12,14,16H2,1H3,(H3,27,29,30,32);5-6,13,15H,7-12,14,16H2,1-4H3,(H3,27,29,30,33);4-5,10,12H,3,6-9,11,13H2,1-2H3,(H3,23,25,26,29);3-4,9,11H,5-8,10,12H2,1-2H3,(H3,22,24,25,28). The van der Waals surface area contributed by atoms with Crippen molar-refractivity contribution in [2.24, 2.45) is 5.41 Å². The van der Waals surface area contributed by atoms with Gasteiger partial charge in [-0.1, -0.05) is 163 Å². The lowest BCUT2D eigenvalue weighted by Crippen LogP contribution is -2.13. The van der Waals surface area contributed by atoms with Gasteiger partial charge in [0.25, 0.3) is 22.2 Å². The molecule has 148 heavy (non-hydrogen) atoms. The number of benzene rings is 5. The number of aromatic amines is 4. The number of imidazole rings is 4. The molecule has 4 atom stereocenters. The zero-order valence-corrected chi connectivity index (χ0v) is 90.5. The molecule has 0 saturated carbocycles. The molecule has 0 fully saturated rings. The van der Waals surface area contributed by atoms with E-state index >= 15 is 0 Å². The van der Waals surface area contributed by atoms with E-state index in [1.54, 1.807) is 81.5 Å². The molecule has 0 bridgehead atoms. The zero-order valence-electron chi connectivity index (χ0n) is 82.0. The maximum atomic E-state index is 14.1. The molecule has 13 rings (SSSR count). The first-order valence-corrected chi connectivity index (χ1v) is 57.0. The molecule has 0 aliphatic heterocycles. The quantitative estimate of drug-likeness (QED) is 0.0130. The highest BCUT2D eigenvalue weighted by molar-refractivity contribution is 9.10. The van der Waals surface area contributed by atoms with Crippen molar-refractivity contribution in [2.75, 3.05) is 131 Å². The van der Waals surface area contributed by atoms with Crippen molar-refractivity contribution in [2.45, 2.75) is 127 Å². The van der Waals surface area contributed by atoms with Crippen LogP contribution in [-0.2, 0) is 140 Å². The van der Waals surface area contributed by atoms with E-state index in [2.05, 4.69) is 96.5 Å². The number of hydrogen-bond acceptors (Lipinski definition) is 41. The highest BCUT2D eigenvalue weighted by atomic mass is 79.9. The number of methoxy groups -OCH3 is 1. The van der Waals surface area contributed by atoms with Crippen LogP contribution in [0.15, 0.2) is 152 Å². The predicted molar refractivity (Wildman–Crippen MR) is 561 cm³/mol. The average Bonchev–Trinajstić information content (AvgIpc) is 1.67. The van der Waals surface area contributed by atoms with Crippen LogP contribution in [0.4, 0.5) is 37.0 Å². The smallest absolute Gasteiger partial charge is 0.356 e. The van der Waals surface area contributed by atoms with Gasteiger partial charge >= 0.3 is 30.4 Å². The van der Waals surface area contributed by atoms with Crippen LogP contribution in [-0.4, -0.2) is 207 Å². The number of nitrogen functional groups attached to an aromatic ring is 4. The summed E-state index contributed by atoms with van der Waals surface area (Å²) in [7, 11) is -13.6. The Morgan fingerprint density at radius 3 is 1.08 bits per heavy atom. The first kappa shape index (κ1) is 119. The minimum absolute atomic E-state index is 0.00336. The Bertz CT molecular complexity index is 7160. The molecule has 12 N–H and O–H groups in total. The van der Waals surface area contributed by atoms with Crippen LogP contribution in [0.5, 0.6) is 5.75 Å². The number of aromatic nitrogens is 16. The molecule has 8 aromatic heterocycles.